The van der Waals surface area contributed by atoms with Crippen molar-refractivity contribution in [2.75, 3.05) is 5.32 Å². The molecule has 2 aromatic rings. The molecule has 2 amide bonds. The maximum atomic E-state index is 12.8. The van der Waals surface area contributed by atoms with E-state index < -0.39 is 0 Å². The highest BCUT2D eigenvalue weighted by atomic mass is 16.2. The first-order chi connectivity index (χ1) is 12.7. The molecule has 2 aliphatic rings. The van der Waals surface area contributed by atoms with E-state index in [-0.39, 0.29) is 17.7 Å². The van der Waals surface area contributed by atoms with Gasteiger partial charge in [-0.3, -0.25) is 14.6 Å². The number of pyridine rings is 1. The molecule has 0 unspecified atom stereocenters. The zero-order chi connectivity index (χ0) is 17.9. The third-order valence-electron chi connectivity index (χ3n) is 4.91. The van der Waals surface area contributed by atoms with Crippen molar-refractivity contribution >= 4 is 17.5 Å². The lowest BCUT2D eigenvalue weighted by Gasteiger charge is -2.22. The first-order valence-electron chi connectivity index (χ1n) is 9.27. The molecule has 26 heavy (non-hydrogen) atoms. The van der Waals surface area contributed by atoms with Crippen LogP contribution < -0.4 is 5.32 Å². The number of nitrogens with one attached hydrogen (secondary N) is 1. The summed E-state index contributed by atoms with van der Waals surface area (Å²) in [6.45, 7) is 0.618. The van der Waals surface area contributed by atoms with Crippen LogP contribution in [0.2, 0.25) is 0 Å². The lowest BCUT2D eigenvalue weighted by molar-refractivity contribution is -0.131. The fraction of sp³-hybridized carbons (Fsp3) is 0.381. The van der Waals surface area contributed by atoms with Crippen LogP contribution in [0, 0.1) is 5.92 Å². The molecule has 1 aromatic carbocycles. The number of anilines is 1. The molecular weight excluding hydrogens is 326 g/mol. The van der Waals surface area contributed by atoms with Crippen LogP contribution in [0.1, 0.15) is 36.8 Å². The number of hydrogen-bond donors (Lipinski definition) is 1. The molecule has 0 bridgehead atoms. The summed E-state index contributed by atoms with van der Waals surface area (Å²) in [6.07, 6.45) is 8.10. The van der Waals surface area contributed by atoms with E-state index in [2.05, 4.69) is 10.3 Å². The minimum atomic E-state index is 0.102. The molecular formula is C21H23N3O2. The van der Waals surface area contributed by atoms with Crippen LogP contribution in [-0.2, 0) is 22.6 Å². The van der Waals surface area contributed by atoms with Crippen LogP contribution in [-0.4, -0.2) is 27.7 Å². The molecule has 2 fully saturated rings. The summed E-state index contributed by atoms with van der Waals surface area (Å²) in [5, 5.41) is 2.93. The predicted molar refractivity (Wildman–Crippen MR) is 99.3 cm³/mol. The molecule has 0 atom stereocenters. The zero-order valence-corrected chi connectivity index (χ0v) is 14.7. The summed E-state index contributed by atoms with van der Waals surface area (Å²) in [5.41, 5.74) is 2.83. The third-order valence-corrected chi connectivity index (χ3v) is 4.91. The highest BCUT2D eigenvalue weighted by Crippen LogP contribution is 2.30. The Morgan fingerprint density at radius 2 is 1.81 bits per heavy atom. The van der Waals surface area contributed by atoms with E-state index >= 15 is 0 Å². The van der Waals surface area contributed by atoms with Gasteiger partial charge in [0.1, 0.15) is 0 Å². The number of aromatic nitrogens is 1. The van der Waals surface area contributed by atoms with Crippen molar-refractivity contribution in [3.63, 3.8) is 0 Å². The first-order valence-corrected chi connectivity index (χ1v) is 9.27. The van der Waals surface area contributed by atoms with E-state index in [0.29, 0.717) is 19.0 Å². The maximum absolute atomic E-state index is 12.8. The van der Waals surface area contributed by atoms with E-state index in [9.17, 15) is 9.59 Å². The average Bonchev–Trinajstić information content (AvgIpc) is 3.55. The molecule has 0 saturated heterocycles. The Bertz CT molecular complexity index is 781. The summed E-state index contributed by atoms with van der Waals surface area (Å²) in [7, 11) is 0. The lowest BCUT2D eigenvalue weighted by atomic mass is 10.1. The molecule has 0 aliphatic heterocycles. The predicted octanol–water partition coefficient (Wildman–Crippen LogP) is 3.16. The highest BCUT2D eigenvalue weighted by Gasteiger charge is 2.32. The number of carbonyl (C=O) groups is 2. The molecule has 1 aromatic heterocycles. The fourth-order valence-electron chi connectivity index (χ4n) is 3.07. The number of amides is 2. The van der Waals surface area contributed by atoms with Crippen molar-refractivity contribution in [3.8, 4) is 0 Å². The van der Waals surface area contributed by atoms with E-state index in [4.69, 9.17) is 0 Å². The molecule has 1 N–H and O–H groups in total. The molecule has 2 aliphatic carbocycles. The van der Waals surface area contributed by atoms with Gasteiger partial charge in [-0.15, -0.1) is 0 Å². The zero-order valence-electron chi connectivity index (χ0n) is 14.7. The van der Waals surface area contributed by atoms with Crippen LogP contribution in [0.25, 0.3) is 0 Å². The Morgan fingerprint density at radius 3 is 2.42 bits per heavy atom. The van der Waals surface area contributed by atoms with Crippen molar-refractivity contribution in [1.29, 1.82) is 0 Å². The van der Waals surface area contributed by atoms with E-state index in [1.807, 2.05) is 47.5 Å². The summed E-state index contributed by atoms with van der Waals surface area (Å²) >= 11 is 0. The van der Waals surface area contributed by atoms with Crippen molar-refractivity contribution < 1.29 is 9.59 Å². The number of rotatable bonds is 7. The maximum Gasteiger partial charge on any atom is 0.227 e. The summed E-state index contributed by atoms with van der Waals surface area (Å²) in [5.74, 6) is 0.437. The van der Waals surface area contributed by atoms with Crippen LogP contribution in [0.15, 0.2) is 48.8 Å². The molecule has 5 heteroatoms. The topological polar surface area (TPSA) is 62.3 Å². The SMILES string of the molecule is O=C(Nc1ccc(CC(=O)N(Cc2cccnc2)C2CC2)cc1)C1CC1. The summed E-state index contributed by atoms with van der Waals surface area (Å²) < 4.78 is 0. The van der Waals surface area contributed by atoms with Gasteiger partial charge in [-0.2, -0.15) is 0 Å². The van der Waals surface area contributed by atoms with Crippen LogP contribution in [0.5, 0.6) is 0 Å². The van der Waals surface area contributed by atoms with Gasteiger partial charge in [0.2, 0.25) is 11.8 Å². The molecule has 134 valence electrons. The van der Waals surface area contributed by atoms with Crippen LogP contribution in [0.4, 0.5) is 5.69 Å². The van der Waals surface area contributed by atoms with Gasteiger partial charge in [-0.05, 0) is 55.0 Å². The largest absolute Gasteiger partial charge is 0.335 e. The Labute approximate surface area is 153 Å². The molecule has 1 heterocycles. The van der Waals surface area contributed by atoms with E-state index in [0.717, 1.165) is 42.5 Å². The van der Waals surface area contributed by atoms with Crippen LogP contribution >= 0.6 is 0 Å². The second-order valence-electron chi connectivity index (χ2n) is 7.25. The van der Waals surface area contributed by atoms with Gasteiger partial charge in [0, 0.05) is 36.6 Å². The molecule has 0 spiro atoms. The van der Waals surface area contributed by atoms with E-state index in [1.165, 1.54) is 0 Å². The lowest BCUT2D eigenvalue weighted by Crippen LogP contribution is -2.33. The van der Waals surface area contributed by atoms with Gasteiger partial charge < -0.3 is 10.2 Å². The summed E-state index contributed by atoms with van der Waals surface area (Å²) in [6, 6.07) is 11.9. The molecule has 2 saturated carbocycles. The number of hydrogen-bond acceptors (Lipinski definition) is 3. The standard InChI is InChI=1S/C21H23N3O2/c25-20(24(19-9-10-19)14-16-2-1-11-22-13-16)12-15-3-7-18(8-4-15)23-21(26)17-5-6-17/h1-4,7-8,11,13,17,19H,5-6,9-10,12,14H2,(H,23,26). The first kappa shape index (κ1) is 16.8. The minimum Gasteiger partial charge on any atom is -0.335 e. The Morgan fingerprint density at radius 1 is 1.04 bits per heavy atom. The van der Waals surface area contributed by atoms with Crippen molar-refractivity contribution in [3.05, 3.63) is 59.9 Å². The highest BCUT2D eigenvalue weighted by molar-refractivity contribution is 5.94. The smallest absolute Gasteiger partial charge is 0.227 e. The average molecular weight is 349 g/mol. The van der Waals surface area contributed by atoms with Crippen molar-refractivity contribution in [1.82, 2.24) is 9.88 Å². The Balaban J connectivity index is 1.37. The Kier molecular flexibility index (Phi) is 4.69. The third kappa shape index (κ3) is 4.28. The quantitative estimate of drug-likeness (QED) is 0.835. The van der Waals surface area contributed by atoms with E-state index in [1.54, 1.807) is 6.20 Å². The molecule has 4 rings (SSSR count). The minimum absolute atomic E-state index is 0.102. The van der Waals surface area contributed by atoms with Gasteiger partial charge in [0.15, 0.2) is 0 Å². The molecule has 0 radical (unpaired) electrons. The monoisotopic (exact) mass is 349 g/mol. The van der Waals surface area contributed by atoms with Crippen molar-refractivity contribution in [2.45, 2.75) is 44.7 Å². The van der Waals surface area contributed by atoms with Gasteiger partial charge in [-0.1, -0.05) is 18.2 Å². The number of benzene rings is 1. The number of nitrogens with zero attached hydrogens (tertiary/aromatic N) is 2. The van der Waals surface area contributed by atoms with Crippen molar-refractivity contribution in [2.24, 2.45) is 5.92 Å². The Hall–Kier alpha value is -2.69. The normalized spacial score (nSPS) is 16.2. The van der Waals surface area contributed by atoms with Crippen LogP contribution in [0.3, 0.4) is 0 Å². The fourth-order valence-corrected chi connectivity index (χ4v) is 3.07. The van der Waals surface area contributed by atoms with Gasteiger partial charge >= 0.3 is 0 Å². The van der Waals surface area contributed by atoms with Gasteiger partial charge in [0.05, 0.1) is 6.42 Å². The molecule has 5 nitrogen and oxygen atoms in total. The second kappa shape index (κ2) is 7.28. The number of carbonyl (C=O) groups excluding carboxylic acids is 2. The van der Waals surface area contributed by atoms with Gasteiger partial charge in [-0.25, -0.2) is 0 Å². The van der Waals surface area contributed by atoms with Gasteiger partial charge in [0.25, 0.3) is 0 Å². The summed E-state index contributed by atoms with van der Waals surface area (Å²) in [4.78, 5) is 30.7. The second-order valence-corrected chi connectivity index (χ2v) is 7.25.